The summed E-state index contributed by atoms with van der Waals surface area (Å²) in [6.45, 7) is 0. The fraction of sp³-hybridized carbons (Fsp3) is 0. The molecule has 2 rings (SSSR count). The van der Waals surface area contributed by atoms with Crippen molar-refractivity contribution in [2.45, 2.75) is 0 Å². The molecule has 0 bridgehead atoms. The largest absolute Gasteiger partial charge is 0.339 e. The van der Waals surface area contributed by atoms with E-state index in [1.165, 1.54) is 18.5 Å². The Morgan fingerprint density at radius 3 is 2.56 bits per heavy atom. The number of aromatic nitrogens is 2. The van der Waals surface area contributed by atoms with E-state index in [1.807, 2.05) is 0 Å². The lowest BCUT2D eigenvalue weighted by molar-refractivity contribution is 0.628. The summed E-state index contributed by atoms with van der Waals surface area (Å²) in [7, 11) is 0. The summed E-state index contributed by atoms with van der Waals surface area (Å²) in [5.74, 6) is 0.247. The molecule has 1 N–H and O–H groups in total. The fourth-order valence-electron chi connectivity index (χ4n) is 1.11. The third-order valence-electron chi connectivity index (χ3n) is 1.85. The summed E-state index contributed by atoms with van der Waals surface area (Å²) in [6.07, 6.45) is 1.35. The van der Waals surface area contributed by atoms with Gasteiger partial charge in [-0.15, -0.1) is 0 Å². The number of nitrogens with zero attached hydrogens (tertiary/aromatic N) is 2. The first-order valence-corrected chi connectivity index (χ1v) is 5.52. The molecule has 0 radical (unpaired) electrons. The summed E-state index contributed by atoms with van der Waals surface area (Å²) in [4.78, 5) is 7.81. The smallest absolute Gasteiger partial charge is 0.149 e. The van der Waals surface area contributed by atoms with Crippen LogP contribution in [0.25, 0.3) is 0 Å². The molecular weight excluding hydrogens is 296 g/mol. The highest BCUT2D eigenvalue weighted by Crippen LogP contribution is 2.28. The van der Waals surface area contributed by atoms with E-state index in [0.717, 1.165) is 5.69 Å². The van der Waals surface area contributed by atoms with E-state index in [1.54, 1.807) is 12.1 Å². The van der Waals surface area contributed by atoms with Gasteiger partial charge >= 0.3 is 0 Å². The molecule has 0 aliphatic heterocycles. The molecule has 16 heavy (non-hydrogen) atoms. The molecule has 0 aliphatic rings. The zero-order chi connectivity index (χ0) is 11.5. The van der Waals surface area contributed by atoms with Crippen molar-refractivity contribution in [2.24, 2.45) is 0 Å². The zero-order valence-corrected chi connectivity index (χ0v) is 10.3. The lowest BCUT2D eigenvalue weighted by Crippen LogP contribution is -1.96. The standard InChI is InChI=1S/C10H6BrClFN3/c11-8-9(12)14-5-15-10(8)16-7-3-1-6(13)2-4-7/h1-5H,(H,14,15,16). The second kappa shape index (κ2) is 4.76. The van der Waals surface area contributed by atoms with E-state index in [-0.39, 0.29) is 5.82 Å². The van der Waals surface area contributed by atoms with E-state index < -0.39 is 0 Å². The number of halogens is 3. The Morgan fingerprint density at radius 1 is 1.19 bits per heavy atom. The average Bonchev–Trinajstić information content (AvgIpc) is 2.28. The Morgan fingerprint density at radius 2 is 1.88 bits per heavy atom. The van der Waals surface area contributed by atoms with Crippen LogP contribution in [-0.4, -0.2) is 9.97 Å². The van der Waals surface area contributed by atoms with Crippen molar-refractivity contribution in [3.8, 4) is 0 Å². The quantitative estimate of drug-likeness (QED) is 0.858. The van der Waals surface area contributed by atoms with Gasteiger partial charge in [0.25, 0.3) is 0 Å². The van der Waals surface area contributed by atoms with Crippen molar-refractivity contribution in [1.82, 2.24) is 9.97 Å². The van der Waals surface area contributed by atoms with Crippen LogP contribution in [0.2, 0.25) is 5.15 Å². The SMILES string of the molecule is Fc1ccc(Nc2ncnc(Cl)c2Br)cc1. The maximum absolute atomic E-state index is 12.7. The number of nitrogens with one attached hydrogen (secondary N) is 1. The van der Waals surface area contributed by atoms with Gasteiger partial charge in [-0.25, -0.2) is 14.4 Å². The molecule has 0 amide bonds. The Balaban J connectivity index is 2.27. The Hall–Kier alpha value is -1.20. The van der Waals surface area contributed by atoms with Crippen LogP contribution in [0, 0.1) is 5.82 Å². The second-order valence-corrected chi connectivity index (χ2v) is 4.11. The van der Waals surface area contributed by atoms with E-state index >= 15 is 0 Å². The van der Waals surface area contributed by atoms with Gasteiger partial charge in [0.05, 0.1) is 4.47 Å². The molecule has 0 saturated heterocycles. The first kappa shape index (κ1) is 11.3. The topological polar surface area (TPSA) is 37.8 Å². The van der Waals surface area contributed by atoms with Crippen LogP contribution in [-0.2, 0) is 0 Å². The minimum absolute atomic E-state index is 0.287. The molecule has 82 valence electrons. The number of hydrogen-bond acceptors (Lipinski definition) is 3. The van der Waals surface area contributed by atoms with Crippen LogP contribution in [0.3, 0.4) is 0 Å². The summed E-state index contributed by atoms with van der Waals surface area (Å²) >= 11 is 9.07. The van der Waals surface area contributed by atoms with Crippen molar-refractivity contribution in [3.63, 3.8) is 0 Å². The van der Waals surface area contributed by atoms with Gasteiger partial charge in [0.15, 0.2) is 0 Å². The van der Waals surface area contributed by atoms with Crippen LogP contribution in [0.15, 0.2) is 35.1 Å². The maximum atomic E-state index is 12.7. The van der Waals surface area contributed by atoms with Crippen molar-refractivity contribution in [1.29, 1.82) is 0 Å². The van der Waals surface area contributed by atoms with E-state index in [0.29, 0.717) is 15.4 Å². The third-order valence-corrected chi connectivity index (χ3v) is 3.12. The van der Waals surface area contributed by atoms with E-state index in [9.17, 15) is 4.39 Å². The van der Waals surface area contributed by atoms with Crippen molar-refractivity contribution in [3.05, 3.63) is 46.0 Å². The van der Waals surface area contributed by atoms with Crippen LogP contribution in [0.4, 0.5) is 15.9 Å². The molecule has 3 nitrogen and oxygen atoms in total. The molecule has 0 aliphatic carbocycles. The molecular formula is C10H6BrClFN3. The molecule has 0 spiro atoms. The predicted octanol–water partition coefficient (Wildman–Crippen LogP) is 3.78. The third kappa shape index (κ3) is 2.48. The van der Waals surface area contributed by atoms with Crippen LogP contribution in [0.1, 0.15) is 0 Å². The summed E-state index contributed by atoms with van der Waals surface area (Å²) in [5.41, 5.74) is 0.719. The molecule has 0 unspecified atom stereocenters. The lowest BCUT2D eigenvalue weighted by Gasteiger charge is -2.07. The van der Waals surface area contributed by atoms with E-state index in [4.69, 9.17) is 11.6 Å². The molecule has 1 aromatic heterocycles. The average molecular weight is 303 g/mol. The lowest BCUT2D eigenvalue weighted by atomic mass is 10.3. The first-order chi connectivity index (χ1) is 7.66. The van der Waals surface area contributed by atoms with Crippen LogP contribution in [0.5, 0.6) is 0 Å². The summed E-state index contributed by atoms with van der Waals surface area (Å²) < 4.78 is 13.3. The highest BCUT2D eigenvalue weighted by Gasteiger charge is 2.06. The predicted molar refractivity (Wildman–Crippen MR) is 64.4 cm³/mol. The molecule has 2 aromatic rings. The van der Waals surface area contributed by atoms with Gasteiger partial charge in [-0.2, -0.15) is 0 Å². The zero-order valence-electron chi connectivity index (χ0n) is 7.92. The minimum atomic E-state index is -0.287. The highest BCUT2D eigenvalue weighted by molar-refractivity contribution is 9.10. The van der Waals surface area contributed by atoms with Gasteiger partial charge in [-0.3, -0.25) is 0 Å². The monoisotopic (exact) mass is 301 g/mol. The molecule has 0 atom stereocenters. The summed E-state index contributed by atoms with van der Waals surface area (Å²) in [6, 6.07) is 5.94. The Labute approximate surface area is 105 Å². The second-order valence-electron chi connectivity index (χ2n) is 2.96. The molecule has 6 heteroatoms. The van der Waals surface area contributed by atoms with Gasteiger partial charge in [0, 0.05) is 5.69 Å². The molecule has 1 aromatic carbocycles. The number of anilines is 2. The normalized spacial score (nSPS) is 10.2. The first-order valence-electron chi connectivity index (χ1n) is 4.35. The van der Waals surface area contributed by atoms with Crippen molar-refractivity contribution in [2.75, 3.05) is 5.32 Å². The van der Waals surface area contributed by atoms with Gasteiger partial charge in [-0.1, -0.05) is 11.6 Å². The van der Waals surface area contributed by atoms with Gasteiger partial charge < -0.3 is 5.32 Å². The Bertz CT molecular complexity index is 504. The molecule has 0 fully saturated rings. The number of benzene rings is 1. The minimum Gasteiger partial charge on any atom is -0.339 e. The number of hydrogen-bond donors (Lipinski definition) is 1. The van der Waals surface area contributed by atoms with Crippen LogP contribution < -0.4 is 5.32 Å². The molecule has 0 saturated carbocycles. The van der Waals surface area contributed by atoms with E-state index in [2.05, 4.69) is 31.2 Å². The fourth-order valence-corrected chi connectivity index (χ4v) is 1.54. The molecule has 1 heterocycles. The van der Waals surface area contributed by atoms with Crippen molar-refractivity contribution >= 4 is 39.0 Å². The Kier molecular flexibility index (Phi) is 3.36. The van der Waals surface area contributed by atoms with Crippen molar-refractivity contribution < 1.29 is 4.39 Å². The van der Waals surface area contributed by atoms with Gasteiger partial charge in [0.2, 0.25) is 0 Å². The number of rotatable bonds is 2. The van der Waals surface area contributed by atoms with Crippen LogP contribution >= 0.6 is 27.5 Å². The highest BCUT2D eigenvalue weighted by atomic mass is 79.9. The summed E-state index contributed by atoms with van der Waals surface area (Å²) in [5, 5.41) is 3.31. The van der Waals surface area contributed by atoms with Gasteiger partial charge in [0.1, 0.15) is 23.1 Å². The van der Waals surface area contributed by atoms with Gasteiger partial charge in [-0.05, 0) is 40.2 Å². The maximum Gasteiger partial charge on any atom is 0.149 e.